The Hall–Kier alpha value is -3.23. The molecule has 5 rings (SSSR count). The van der Waals surface area contributed by atoms with Crippen LogP contribution in [-0.4, -0.2) is 44.4 Å². The topological polar surface area (TPSA) is 105 Å². The van der Waals surface area contributed by atoms with Crippen LogP contribution in [0.1, 0.15) is 31.5 Å². The number of hydrogen-bond acceptors (Lipinski definition) is 7. The van der Waals surface area contributed by atoms with Gasteiger partial charge >= 0.3 is 0 Å². The van der Waals surface area contributed by atoms with E-state index in [9.17, 15) is 5.11 Å². The van der Waals surface area contributed by atoms with Gasteiger partial charge in [0.15, 0.2) is 0 Å². The van der Waals surface area contributed by atoms with Crippen LogP contribution in [0, 0.1) is 0 Å². The summed E-state index contributed by atoms with van der Waals surface area (Å²) in [6.07, 6.45) is 4.95. The number of methoxy groups -OCH3 is 1. The van der Waals surface area contributed by atoms with Gasteiger partial charge in [-0.2, -0.15) is 0 Å². The molecule has 1 fully saturated rings. The van der Waals surface area contributed by atoms with Crippen molar-refractivity contribution in [2.45, 2.75) is 44.5 Å². The second-order valence-corrected chi connectivity index (χ2v) is 7.91. The molecule has 0 radical (unpaired) electrons. The summed E-state index contributed by atoms with van der Waals surface area (Å²) < 4.78 is 11.4. The van der Waals surface area contributed by atoms with Gasteiger partial charge in [0, 0.05) is 24.4 Å². The van der Waals surface area contributed by atoms with Crippen molar-refractivity contribution in [2.24, 2.45) is 0 Å². The number of fused-ring (bicyclic) bond motifs is 2. The minimum Gasteiger partial charge on any atom is -0.488 e. The first kappa shape index (κ1) is 19.7. The molecule has 0 spiro atoms. The maximum atomic E-state index is 9.74. The maximum absolute atomic E-state index is 9.74. The van der Waals surface area contributed by atoms with E-state index in [1.807, 2.05) is 36.4 Å². The number of ether oxygens (including phenoxy) is 2. The number of imidazole rings is 1. The van der Waals surface area contributed by atoms with Gasteiger partial charge in [0.1, 0.15) is 23.7 Å². The first-order chi connectivity index (χ1) is 15.2. The first-order valence-electron chi connectivity index (χ1n) is 10.5. The van der Waals surface area contributed by atoms with E-state index in [1.54, 1.807) is 13.3 Å². The number of nitrogens with one attached hydrogen (secondary N) is 2. The summed E-state index contributed by atoms with van der Waals surface area (Å²) >= 11 is 0. The summed E-state index contributed by atoms with van der Waals surface area (Å²) in [5.41, 5.74) is 3.43. The molecule has 0 aliphatic heterocycles. The molecule has 1 saturated carbocycles. The van der Waals surface area contributed by atoms with Crippen molar-refractivity contribution in [2.75, 3.05) is 12.4 Å². The Morgan fingerprint density at radius 1 is 1.13 bits per heavy atom. The zero-order chi connectivity index (χ0) is 21.2. The van der Waals surface area contributed by atoms with E-state index in [1.165, 1.54) is 0 Å². The van der Waals surface area contributed by atoms with Crippen LogP contribution in [0.4, 0.5) is 11.6 Å². The lowest BCUT2D eigenvalue weighted by molar-refractivity contribution is 0.0672. The van der Waals surface area contributed by atoms with Crippen LogP contribution >= 0.6 is 0 Å². The SMILES string of the molecule is COCc1nc2ccc(Nc3ncc4cccc(OC5CCC(O)CC5)c4n3)cc2[nH]1. The van der Waals surface area contributed by atoms with Gasteiger partial charge in [-0.25, -0.2) is 15.0 Å². The van der Waals surface area contributed by atoms with Crippen molar-refractivity contribution in [3.05, 3.63) is 48.4 Å². The van der Waals surface area contributed by atoms with E-state index in [-0.39, 0.29) is 12.2 Å². The van der Waals surface area contributed by atoms with Crippen LogP contribution in [0.3, 0.4) is 0 Å². The molecular formula is C23H25N5O3. The number of aliphatic hydroxyl groups excluding tert-OH is 1. The van der Waals surface area contributed by atoms with Crippen LogP contribution in [0.5, 0.6) is 5.75 Å². The molecule has 2 heterocycles. The van der Waals surface area contributed by atoms with Gasteiger partial charge in [-0.3, -0.25) is 0 Å². The largest absolute Gasteiger partial charge is 0.488 e. The Bertz CT molecular complexity index is 1200. The number of anilines is 2. The van der Waals surface area contributed by atoms with Crippen molar-refractivity contribution in [3.8, 4) is 5.75 Å². The van der Waals surface area contributed by atoms with E-state index in [2.05, 4.69) is 20.3 Å². The highest BCUT2D eigenvalue weighted by molar-refractivity contribution is 5.85. The second kappa shape index (κ2) is 8.49. The highest BCUT2D eigenvalue weighted by atomic mass is 16.5. The Labute approximate surface area is 179 Å². The summed E-state index contributed by atoms with van der Waals surface area (Å²) in [6, 6.07) is 11.7. The molecule has 8 heteroatoms. The van der Waals surface area contributed by atoms with E-state index in [0.717, 1.165) is 64.9 Å². The van der Waals surface area contributed by atoms with Gasteiger partial charge < -0.3 is 24.9 Å². The average Bonchev–Trinajstić information content (AvgIpc) is 3.18. The third-order valence-corrected chi connectivity index (χ3v) is 5.58. The molecule has 0 unspecified atom stereocenters. The number of nitrogens with zero attached hydrogens (tertiary/aromatic N) is 3. The number of rotatable bonds is 6. The Morgan fingerprint density at radius 2 is 2.00 bits per heavy atom. The minimum atomic E-state index is -0.205. The standard InChI is InChI=1S/C23H25N5O3/c1-30-13-21-26-18-10-5-15(11-19(18)27-21)25-23-24-12-14-3-2-4-20(22(14)28-23)31-17-8-6-16(29)7-9-17/h2-5,10-12,16-17,29H,6-9,13H2,1H3,(H,26,27)(H,24,25,28). The first-order valence-corrected chi connectivity index (χ1v) is 10.5. The number of aliphatic hydroxyl groups is 1. The lowest BCUT2D eigenvalue weighted by Gasteiger charge is -2.26. The fourth-order valence-corrected chi connectivity index (χ4v) is 4.00. The van der Waals surface area contributed by atoms with Crippen LogP contribution in [-0.2, 0) is 11.3 Å². The van der Waals surface area contributed by atoms with Gasteiger partial charge in [-0.1, -0.05) is 12.1 Å². The number of aromatic amines is 1. The summed E-state index contributed by atoms with van der Waals surface area (Å²) in [5, 5.41) is 13.9. The lowest BCUT2D eigenvalue weighted by atomic mass is 9.95. The number of benzene rings is 2. The third-order valence-electron chi connectivity index (χ3n) is 5.58. The normalized spacial score (nSPS) is 19.0. The number of H-pyrrole nitrogens is 1. The molecule has 3 N–H and O–H groups in total. The molecule has 160 valence electrons. The van der Waals surface area contributed by atoms with Crippen molar-refractivity contribution in [1.29, 1.82) is 0 Å². The smallest absolute Gasteiger partial charge is 0.227 e. The van der Waals surface area contributed by atoms with Gasteiger partial charge in [0.2, 0.25) is 5.95 Å². The third kappa shape index (κ3) is 4.30. The van der Waals surface area contributed by atoms with Gasteiger partial charge in [0.05, 0.1) is 23.2 Å². The quantitative estimate of drug-likeness (QED) is 0.432. The highest BCUT2D eigenvalue weighted by Crippen LogP contribution is 2.29. The van der Waals surface area contributed by atoms with E-state index >= 15 is 0 Å². The Balaban J connectivity index is 1.39. The average molecular weight is 419 g/mol. The molecule has 2 aromatic heterocycles. The molecule has 2 aromatic carbocycles. The van der Waals surface area contributed by atoms with E-state index in [0.29, 0.717) is 12.6 Å². The highest BCUT2D eigenvalue weighted by Gasteiger charge is 2.21. The number of hydrogen-bond donors (Lipinski definition) is 3. The van der Waals surface area contributed by atoms with Crippen molar-refractivity contribution in [3.63, 3.8) is 0 Å². The summed E-state index contributed by atoms with van der Waals surface area (Å²) in [6.45, 7) is 0.438. The molecule has 0 amide bonds. The summed E-state index contributed by atoms with van der Waals surface area (Å²) in [4.78, 5) is 16.9. The molecule has 0 atom stereocenters. The van der Waals surface area contributed by atoms with Crippen molar-refractivity contribution < 1.29 is 14.6 Å². The summed E-state index contributed by atoms with van der Waals surface area (Å²) in [7, 11) is 1.65. The number of para-hydroxylation sites is 1. The predicted octanol–water partition coefficient (Wildman–Crippen LogP) is 4.08. The zero-order valence-corrected chi connectivity index (χ0v) is 17.3. The molecule has 4 aromatic rings. The van der Waals surface area contributed by atoms with Gasteiger partial charge in [0.25, 0.3) is 0 Å². The fourth-order valence-electron chi connectivity index (χ4n) is 4.00. The van der Waals surface area contributed by atoms with Crippen LogP contribution in [0.2, 0.25) is 0 Å². The molecular weight excluding hydrogens is 394 g/mol. The van der Waals surface area contributed by atoms with Gasteiger partial charge in [-0.15, -0.1) is 0 Å². The molecule has 8 nitrogen and oxygen atoms in total. The second-order valence-electron chi connectivity index (χ2n) is 7.91. The van der Waals surface area contributed by atoms with Crippen molar-refractivity contribution in [1.82, 2.24) is 19.9 Å². The molecule has 0 bridgehead atoms. The molecule has 31 heavy (non-hydrogen) atoms. The minimum absolute atomic E-state index is 0.101. The Morgan fingerprint density at radius 3 is 2.84 bits per heavy atom. The van der Waals surface area contributed by atoms with Crippen molar-refractivity contribution >= 4 is 33.6 Å². The molecule has 0 saturated heterocycles. The van der Waals surface area contributed by atoms with Gasteiger partial charge in [-0.05, 0) is 49.9 Å². The predicted molar refractivity (Wildman–Crippen MR) is 119 cm³/mol. The fraction of sp³-hybridized carbons (Fsp3) is 0.348. The zero-order valence-electron chi connectivity index (χ0n) is 17.3. The lowest BCUT2D eigenvalue weighted by Crippen LogP contribution is -2.26. The van der Waals surface area contributed by atoms with Crippen LogP contribution < -0.4 is 10.1 Å². The monoisotopic (exact) mass is 419 g/mol. The van der Waals surface area contributed by atoms with E-state index in [4.69, 9.17) is 14.5 Å². The van der Waals surface area contributed by atoms with Crippen LogP contribution in [0.25, 0.3) is 21.9 Å². The molecule has 1 aliphatic rings. The molecule has 1 aliphatic carbocycles. The maximum Gasteiger partial charge on any atom is 0.227 e. The van der Waals surface area contributed by atoms with Crippen LogP contribution in [0.15, 0.2) is 42.6 Å². The number of aromatic nitrogens is 4. The van der Waals surface area contributed by atoms with E-state index < -0.39 is 0 Å². The Kier molecular flexibility index (Phi) is 5.40. The summed E-state index contributed by atoms with van der Waals surface area (Å²) in [5.74, 6) is 2.03.